The molecule has 136 valence electrons. The maximum absolute atomic E-state index is 13.0. The Bertz CT molecular complexity index is 815. The Hall–Kier alpha value is -2.69. The summed E-state index contributed by atoms with van der Waals surface area (Å²) < 4.78 is 12.9. The quantitative estimate of drug-likeness (QED) is 0.839. The molecule has 0 fully saturated rings. The fourth-order valence-corrected chi connectivity index (χ4v) is 3.18. The van der Waals surface area contributed by atoms with Gasteiger partial charge in [0.25, 0.3) is 0 Å². The minimum atomic E-state index is -1.15. The number of fused-ring (bicyclic) bond motifs is 1. The number of anilines is 1. The highest BCUT2D eigenvalue weighted by Gasteiger charge is 2.41. The van der Waals surface area contributed by atoms with Gasteiger partial charge in [0.05, 0.1) is 0 Å². The second-order valence-corrected chi connectivity index (χ2v) is 7.09. The minimum Gasteiger partial charge on any atom is -0.355 e. The zero-order chi connectivity index (χ0) is 18.7. The highest BCUT2D eigenvalue weighted by atomic mass is 19.1. The second kappa shape index (κ2) is 7.28. The van der Waals surface area contributed by atoms with Crippen molar-refractivity contribution in [1.82, 2.24) is 5.32 Å². The molecular weight excluding hydrogens is 331 g/mol. The molecule has 0 spiro atoms. The molecule has 1 N–H and O–H groups in total. The minimum absolute atomic E-state index is 0.193. The number of rotatable bonds is 5. The Kier molecular flexibility index (Phi) is 5.07. The van der Waals surface area contributed by atoms with Crippen molar-refractivity contribution in [3.8, 4) is 0 Å². The van der Waals surface area contributed by atoms with Crippen LogP contribution < -0.4 is 10.2 Å². The lowest BCUT2D eigenvalue weighted by Crippen LogP contribution is -2.49. The summed E-state index contributed by atoms with van der Waals surface area (Å²) in [5.41, 5.74) is 1.81. The van der Waals surface area contributed by atoms with E-state index in [0.717, 1.165) is 23.2 Å². The van der Waals surface area contributed by atoms with Gasteiger partial charge in [-0.3, -0.25) is 9.59 Å². The summed E-state index contributed by atoms with van der Waals surface area (Å²) in [7, 11) is 0. The van der Waals surface area contributed by atoms with Crippen LogP contribution in [-0.2, 0) is 22.4 Å². The van der Waals surface area contributed by atoms with Crippen LogP contribution in [0.4, 0.5) is 10.1 Å². The molecule has 1 aliphatic rings. The van der Waals surface area contributed by atoms with E-state index < -0.39 is 5.41 Å². The molecule has 0 radical (unpaired) electrons. The molecule has 0 bridgehead atoms. The van der Waals surface area contributed by atoms with Gasteiger partial charge in [-0.1, -0.05) is 30.3 Å². The van der Waals surface area contributed by atoms with E-state index in [-0.39, 0.29) is 17.6 Å². The Labute approximate surface area is 153 Å². The molecule has 5 heteroatoms. The zero-order valence-electron chi connectivity index (χ0n) is 15.1. The molecule has 2 amide bonds. The van der Waals surface area contributed by atoms with E-state index in [9.17, 15) is 14.0 Å². The van der Waals surface area contributed by atoms with Gasteiger partial charge in [-0.15, -0.1) is 0 Å². The number of nitrogens with one attached hydrogen (secondary N) is 1. The molecule has 0 saturated heterocycles. The summed E-state index contributed by atoms with van der Waals surface area (Å²) in [4.78, 5) is 27.3. The van der Waals surface area contributed by atoms with E-state index >= 15 is 0 Å². The molecule has 1 heterocycles. The number of amides is 2. The second-order valence-electron chi connectivity index (χ2n) is 7.09. The van der Waals surface area contributed by atoms with Crippen molar-refractivity contribution in [1.29, 1.82) is 0 Å². The van der Waals surface area contributed by atoms with Gasteiger partial charge >= 0.3 is 0 Å². The number of benzene rings is 2. The first kappa shape index (κ1) is 18.1. The Morgan fingerprint density at radius 3 is 2.54 bits per heavy atom. The first-order valence-corrected chi connectivity index (χ1v) is 8.82. The van der Waals surface area contributed by atoms with Crippen molar-refractivity contribution in [3.05, 3.63) is 65.5 Å². The lowest BCUT2D eigenvalue weighted by atomic mass is 9.90. The van der Waals surface area contributed by atoms with Gasteiger partial charge < -0.3 is 10.2 Å². The molecule has 4 nitrogen and oxygen atoms in total. The third-order valence-corrected chi connectivity index (χ3v) is 4.85. The largest absolute Gasteiger partial charge is 0.355 e. The van der Waals surface area contributed by atoms with Crippen LogP contribution in [0.15, 0.2) is 48.5 Å². The van der Waals surface area contributed by atoms with E-state index in [1.165, 1.54) is 12.1 Å². The molecule has 0 aromatic heterocycles. The highest BCUT2D eigenvalue weighted by molar-refractivity contribution is 6.11. The van der Waals surface area contributed by atoms with E-state index in [1.54, 1.807) is 30.9 Å². The average molecular weight is 354 g/mol. The van der Waals surface area contributed by atoms with Crippen LogP contribution in [0.2, 0.25) is 0 Å². The van der Waals surface area contributed by atoms with Crippen molar-refractivity contribution in [2.24, 2.45) is 5.41 Å². The summed E-state index contributed by atoms with van der Waals surface area (Å²) in [5, 5.41) is 2.83. The molecule has 2 aromatic carbocycles. The summed E-state index contributed by atoms with van der Waals surface area (Å²) in [6, 6.07) is 14.0. The number of carbonyl (C=O) groups excluding carboxylic acids is 2. The smallest absolute Gasteiger partial charge is 0.242 e. The molecule has 0 unspecified atom stereocenters. The van der Waals surface area contributed by atoms with Gasteiger partial charge in [0.2, 0.25) is 11.8 Å². The normalized spacial score (nSPS) is 13.4. The van der Waals surface area contributed by atoms with Gasteiger partial charge in [-0.05, 0) is 56.0 Å². The fraction of sp³-hybridized carbons (Fsp3) is 0.333. The summed E-state index contributed by atoms with van der Waals surface area (Å²) in [6.45, 7) is 4.31. The van der Waals surface area contributed by atoms with Crippen LogP contribution in [-0.4, -0.2) is 24.9 Å². The number of nitrogens with zero attached hydrogens (tertiary/aromatic N) is 1. The predicted molar refractivity (Wildman–Crippen MR) is 99.4 cm³/mol. The Morgan fingerprint density at radius 1 is 1.12 bits per heavy atom. The van der Waals surface area contributed by atoms with Crippen LogP contribution in [0.3, 0.4) is 0 Å². The molecule has 26 heavy (non-hydrogen) atoms. The van der Waals surface area contributed by atoms with Crippen molar-refractivity contribution >= 4 is 17.5 Å². The van der Waals surface area contributed by atoms with Gasteiger partial charge in [0.1, 0.15) is 11.2 Å². The van der Waals surface area contributed by atoms with E-state index in [0.29, 0.717) is 19.5 Å². The number of carbonyl (C=O) groups is 2. The van der Waals surface area contributed by atoms with Gasteiger partial charge in [0.15, 0.2) is 0 Å². The van der Waals surface area contributed by atoms with Crippen LogP contribution >= 0.6 is 0 Å². The van der Waals surface area contributed by atoms with Gasteiger partial charge in [0, 0.05) is 18.8 Å². The number of hydrogen-bond donors (Lipinski definition) is 1. The lowest BCUT2D eigenvalue weighted by Gasteiger charge is -2.28. The zero-order valence-corrected chi connectivity index (χ0v) is 15.1. The molecule has 0 atom stereocenters. The molecule has 1 aliphatic heterocycles. The molecule has 0 saturated carbocycles. The van der Waals surface area contributed by atoms with Crippen molar-refractivity contribution in [2.75, 3.05) is 18.0 Å². The first-order chi connectivity index (χ1) is 12.4. The van der Waals surface area contributed by atoms with Crippen LogP contribution in [0.5, 0.6) is 0 Å². The highest BCUT2D eigenvalue weighted by Crippen LogP contribution is 2.31. The van der Waals surface area contributed by atoms with Gasteiger partial charge in [-0.2, -0.15) is 0 Å². The van der Waals surface area contributed by atoms with Crippen LogP contribution in [0.1, 0.15) is 25.0 Å². The summed E-state index contributed by atoms with van der Waals surface area (Å²) >= 11 is 0. The fourth-order valence-electron chi connectivity index (χ4n) is 3.18. The van der Waals surface area contributed by atoms with E-state index in [2.05, 4.69) is 5.32 Å². The molecule has 2 aromatic rings. The van der Waals surface area contributed by atoms with E-state index in [4.69, 9.17) is 0 Å². The third kappa shape index (κ3) is 3.62. The number of para-hydroxylation sites is 1. The predicted octanol–water partition coefficient (Wildman–Crippen LogP) is 3.10. The van der Waals surface area contributed by atoms with Crippen molar-refractivity contribution < 1.29 is 14.0 Å². The maximum Gasteiger partial charge on any atom is 0.242 e. The number of halogens is 1. The number of hydrogen-bond acceptors (Lipinski definition) is 2. The summed E-state index contributed by atoms with van der Waals surface area (Å²) in [6.07, 6.45) is 1.40. The monoisotopic (exact) mass is 354 g/mol. The molecule has 0 aliphatic carbocycles. The molecular formula is C21H23FN2O2. The molecule has 3 rings (SSSR count). The van der Waals surface area contributed by atoms with Crippen LogP contribution in [0, 0.1) is 11.2 Å². The van der Waals surface area contributed by atoms with Crippen molar-refractivity contribution in [3.63, 3.8) is 0 Å². The Morgan fingerprint density at radius 2 is 1.81 bits per heavy atom. The standard InChI is InChI=1S/C21H23FN2O2/c1-21(2,19(25)23-13-11-15-7-9-17(22)10-8-15)20(26)24-14-12-16-5-3-4-6-18(16)24/h3-10H,11-14H2,1-2H3,(H,23,25). The lowest BCUT2D eigenvalue weighted by molar-refractivity contribution is -0.139. The van der Waals surface area contributed by atoms with Crippen LogP contribution in [0.25, 0.3) is 0 Å². The van der Waals surface area contributed by atoms with Gasteiger partial charge in [-0.25, -0.2) is 4.39 Å². The average Bonchev–Trinajstić information content (AvgIpc) is 3.06. The first-order valence-electron chi connectivity index (χ1n) is 8.82. The topological polar surface area (TPSA) is 49.4 Å². The van der Waals surface area contributed by atoms with Crippen molar-refractivity contribution in [2.45, 2.75) is 26.7 Å². The Balaban J connectivity index is 1.61. The van der Waals surface area contributed by atoms with E-state index in [1.807, 2.05) is 24.3 Å². The maximum atomic E-state index is 13.0. The summed E-state index contributed by atoms with van der Waals surface area (Å²) in [5.74, 6) is -0.772. The third-order valence-electron chi connectivity index (χ3n) is 4.85. The SMILES string of the molecule is CC(C)(C(=O)NCCc1ccc(F)cc1)C(=O)N1CCc2ccccc21.